The molecular weight excluding hydrogens is 282 g/mol. The number of aromatic nitrogens is 3. The molecule has 2 rings (SSSR count). The Balaban J connectivity index is 1.76. The van der Waals surface area contributed by atoms with Gasteiger partial charge in [0.15, 0.2) is 0 Å². The molecule has 2 amide bonds. The molecule has 0 aromatic carbocycles. The first-order valence-electron chi connectivity index (χ1n) is 8.05. The maximum Gasteiger partial charge on any atom is 0.223 e. The molecule has 1 heterocycles. The summed E-state index contributed by atoms with van der Waals surface area (Å²) in [5.74, 6) is 0.768. The predicted octanol–water partition coefficient (Wildman–Crippen LogP) is 1.46. The number of H-pyrrole nitrogens is 1. The molecule has 1 aromatic heterocycles. The molecule has 0 saturated heterocycles. The number of carbonyl (C=O) groups excluding carboxylic acids is 2. The SMILES string of the molecule is CC[C@@H](NC(=O)C[C@@H](C)NC(=O)C1CCCC1)c1ncn[nH]1. The van der Waals surface area contributed by atoms with Crippen LogP contribution in [0.25, 0.3) is 0 Å². The Labute approximate surface area is 130 Å². The van der Waals surface area contributed by atoms with Crippen LogP contribution in [0.5, 0.6) is 0 Å². The Bertz CT molecular complexity index is 482. The smallest absolute Gasteiger partial charge is 0.223 e. The Kier molecular flexibility index (Phi) is 5.91. The molecule has 1 aliphatic rings. The molecule has 0 radical (unpaired) electrons. The number of hydrogen-bond acceptors (Lipinski definition) is 4. The van der Waals surface area contributed by atoms with E-state index in [1.807, 2.05) is 13.8 Å². The first kappa shape index (κ1) is 16.5. The zero-order chi connectivity index (χ0) is 15.9. The van der Waals surface area contributed by atoms with E-state index in [4.69, 9.17) is 0 Å². The highest BCUT2D eigenvalue weighted by Gasteiger charge is 2.24. The molecule has 1 fully saturated rings. The minimum absolute atomic E-state index is 0.0834. The van der Waals surface area contributed by atoms with Crippen molar-refractivity contribution in [1.29, 1.82) is 0 Å². The number of carbonyl (C=O) groups is 2. The van der Waals surface area contributed by atoms with Gasteiger partial charge in [0.1, 0.15) is 12.2 Å². The summed E-state index contributed by atoms with van der Waals surface area (Å²) in [7, 11) is 0. The van der Waals surface area contributed by atoms with Crippen LogP contribution in [-0.4, -0.2) is 33.0 Å². The topological polar surface area (TPSA) is 99.8 Å². The number of amides is 2. The molecule has 0 aliphatic heterocycles. The van der Waals surface area contributed by atoms with E-state index in [9.17, 15) is 9.59 Å². The molecule has 22 heavy (non-hydrogen) atoms. The van der Waals surface area contributed by atoms with Crippen molar-refractivity contribution in [3.63, 3.8) is 0 Å². The van der Waals surface area contributed by atoms with Crippen LogP contribution in [0.15, 0.2) is 6.33 Å². The summed E-state index contributed by atoms with van der Waals surface area (Å²) in [4.78, 5) is 28.2. The van der Waals surface area contributed by atoms with Gasteiger partial charge in [-0.05, 0) is 26.2 Å². The zero-order valence-electron chi connectivity index (χ0n) is 13.3. The van der Waals surface area contributed by atoms with Crippen molar-refractivity contribution in [3.05, 3.63) is 12.2 Å². The van der Waals surface area contributed by atoms with Crippen molar-refractivity contribution in [2.45, 2.75) is 64.5 Å². The van der Waals surface area contributed by atoms with Crippen LogP contribution in [-0.2, 0) is 9.59 Å². The maximum absolute atomic E-state index is 12.1. The Morgan fingerprint density at radius 1 is 1.36 bits per heavy atom. The van der Waals surface area contributed by atoms with E-state index in [1.54, 1.807) is 0 Å². The minimum Gasteiger partial charge on any atom is -0.353 e. The average Bonchev–Trinajstić information content (AvgIpc) is 3.17. The van der Waals surface area contributed by atoms with Gasteiger partial charge in [0.05, 0.1) is 6.04 Å². The van der Waals surface area contributed by atoms with Gasteiger partial charge in [0.2, 0.25) is 11.8 Å². The molecule has 1 aromatic rings. The van der Waals surface area contributed by atoms with Crippen molar-refractivity contribution in [2.75, 3.05) is 0 Å². The molecule has 1 saturated carbocycles. The number of aromatic amines is 1. The van der Waals surface area contributed by atoms with Crippen molar-refractivity contribution in [3.8, 4) is 0 Å². The normalized spacial score (nSPS) is 17.9. The van der Waals surface area contributed by atoms with Crippen LogP contribution < -0.4 is 10.6 Å². The van der Waals surface area contributed by atoms with Crippen LogP contribution in [0.2, 0.25) is 0 Å². The molecule has 7 heteroatoms. The third-order valence-corrected chi connectivity index (χ3v) is 4.11. The summed E-state index contributed by atoms with van der Waals surface area (Å²) in [5, 5.41) is 12.4. The second kappa shape index (κ2) is 7.91. The highest BCUT2D eigenvalue weighted by atomic mass is 16.2. The molecule has 122 valence electrons. The van der Waals surface area contributed by atoms with Gasteiger partial charge in [0, 0.05) is 18.4 Å². The second-order valence-corrected chi connectivity index (χ2v) is 5.99. The molecule has 7 nitrogen and oxygen atoms in total. The minimum atomic E-state index is -0.173. The molecular formula is C15H25N5O2. The number of nitrogens with zero attached hydrogens (tertiary/aromatic N) is 2. The molecule has 0 spiro atoms. The first-order valence-corrected chi connectivity index (χ1v) is 8.05. The average molecular weight is 307 g/mol. The fraction of sp³-hybridized carbons (Fsp3) is 0.733. The van der Waals surface area contributed by atoms with E-state index >= 15 is 0 Å². The highest BCUT2D eigenvalue weighted by Crippen LogP contribution is 2.24. The van der Waals surface area contributed by atoms with E-state index in [-0.39, 0.29) is 36.2 Å². The largest absolute Gasteiger partial charge is 0.353 e. The summed E-state index contributed by atoms with van der Waals surface area (Å²) in [6, 6.07) is -0.340. The van der Waals surface area contributed by atoms with Gasteiger partial charge in [0.25, 0.3) is 0 Å². The highest BCUT2D eigenvalue weighted by molar-refractivity contribution is 5.81. The van der Waals surface area contributed by atoms with E-state index in [2.05, 4.69) is 25.8 Å². The Hall–Kier alpha value is -1.92. The molecule has 2 atom stereocenters. The third kappa shape index (κ3) is 4.54. The van der Waals surface area contributed by atoms with Crippen LogP contribution in [0.3, 0.4) is 0 Å². The standard InChI is InChI=1S/C15H25N5O2/c1-3-12(14-16-9-17-20-14)19-13(21)8-10(2)18-15(22)11-6-4-5-7-11/h9-12H,3-8H2,1-2H3,(H,18,22)(H,19,21)(H,16,17,20)/t10-,12-/m1/s1. The lowest BCUT2D eigenvalue weighted by Gasteiger charge is -2.19. The van der Waals surface area contributed by atoms with Crippen molar-refractivity contribution in [1.82, 2.24) is 25.8 Å². The van der Waals surface area contributed by atoms with E-state index in [1.165, 1.54) is 6.33 Å². The van der Waals surface area contributed by atoms with E-state index < -0.39 is 0 Å². The van der Waals surface area contributed by atoms with Gasteiger partial charge in [-0.3, -0.25) is 14.7 Å². The lowest BCUT2D eigenvalue weighted by Crippen LogP contribution is -2.40. The van der Waals surface area contributed by atoms with E-state index in [0.717, 1.165) is 32.1 Å². The van der Waals surface area contributed by atoms with Gasteiger partial charge in [-0.1, -0.05) is 19.8 Å². The summed E-state index contributed by atoms with van der Waals surface area (Å²) in [6.45, 7) is 3.83. The van der Waals surface area contributed by atoms with Crippen LogP contribution in [0, 0.1) is 5.92 Å². The monoisotopic (exact) mass is 307 g/mol. The first-order chi connectivity index (χ1) is 10.6. The molecule has 3 N–H and O–H groups in total. The summed E-state index contributed by atoms with van der Waals surface area (Å²) < 4.78 is 0. The van der Waals surface area contributed by atoms with Gasteiger partial charge in [-0.2, -0.15) is 5.10 Å². The lowest BCUT2D eigenvalue weighted by atomic mass is 10.1. The quantitative estimate of drug-likeness (QED) is 0.710. The number of hydrogen-bond donors (Lipinski definition) is 3. The van der Waals surface area contributed by atoms with Gasteiger partial charge in [-0.25, -0.2) is 4.98 Å². The summed E-state index contributed by atoms with van der Waals surface area (Å²) in [5.41, 5.74) is 0. The Morgan fingerprint density at radius 3 is 2.68 bits per heavy atom. The molecule has 1 aliphatic carbocycles. The van der Waals surface area contributed by atoms with E-state index in [0.29, 0.717) is 5.82 Å². The zero-order valence-corrected chi connectivity index (χ0v) is 13.3. The predicted molar refractivity (Wildman–Crippen MR) is 81.7 cm³/mol. The third-order valence-electron chi connectivity index (χ3n) is 4.11. The van der Waals surface area contributed by atoms with Crippen molar-refractivity contribution in [2.24, 2.45) is 5.92 Å². The summed E-state index contributed by atoms with van der Waals surface area (Å²) >= 11 is 0. The van der Waals surface area contributed by atoms with Crippen LogP contribution in [0.4, 0.5) is 0 Å². The van der Waals surface area contributed by atoms with Crippen LogP contribution >= 0.6 is 0 Å². The second-order valence-electron chi connectivity index (χ2n) is 5.99. The fourth-order valence-corrected chi connectivity index (χ4v) is 2.88. The van der Waals surface area contributed by atoms with Crippen LogP contribution in [0.1, 0.15) is 64.2 Å². The van der Waals surface area contributed by atoms with Gasteiger partial charge >= 0.3 is 0 Å². The van der Waals surface area contributed by atoms with Gasteiger partial charge < -0.3 is 10.6 Å². The van der Waals surface area contributed by atoms with Gasteiger partial charge in [-0.15, -0.1) is 0 Å². The number of rotatable bonds is 7. The number of nitrogens with one attached hydrogen (secondary N) is 3. The van der Waals surface area contributed by atoms with Crippen molar-refractivity contribution >= 4 is 11.8 Å². The molecule has 0 unspecified atom stereocenters. The summed E-state index contributed by atoms with van der Waals surface area (Å²) in [6.07, 6.45) is 6.61. The van der Waals surface area contributed by atoms with Crippen molar-refractivity contribution < 1.29 is 9.59 Å². The maximum atomic E-state index is 12.1. The Morgan fingerprint density at radius 2 is 2.09 bits per heavy atom. The lowest BCUT2D eigenvalue weighted by molar-refractivity contribution is -0.126. The molecule has 0 bridgehead atoms. The fourth-order valence-electron chi connectivity index (χ4n) is 2.88.